The second-order valence-electron chi connectivity index (χ2n) is 4.53. The zero-order chi connectivity index (χ0) is 12.3. The van der Waals surface area contributed by atoms with Crippen molar-refractivity contribution in [2.75, 3.05) is 18.5 Å². The molecule has 17 heavy (non-hydrogen) atoms. The molecule has 1 aliphatic carbocycles. The molecule has 0 aromatic carbocycles. The number of pyridine rings is 1. The fourth-order valence-electron chi connectivity index (χ4n) is 1.93. The summed E-state index contributed by atoms with van der Waals surface area (Å²) in [6.45, 7) is 0.875. The van der Waals surface area contributed by atoms with Crippen LogP contribution in [0.2, 0.25) is 0 Å². The van der Waals surface area contributed by atoms with Crippen LogP contribution in [0.4, 0.5) is 5.69 Å². The van der Waals surface area contributed by atoms with Gasteiger partial charge in [0.2, 0.25) is 0 Å². The fraction of sp³-hybridized carbons (Fsp3) is 0.500. The molecule has 0 atom stereocenters. The zero-order valence-electron chi connectivity index (χ0n) is 9.52. The lowest BCUT2D eigenvalue weighted by molar-refractivity contribution is 0.0691. The molecule has 1 heterocycles. The van der Waals surface area contributed by atoms with Gasteiger partial charge in [-0.25, -0.2) is 9.78 Å². The number of nitrogens with zero attached hydrogens (tertiary/aromatic N) is 1. The molecule has 0 bridgehead atoms. The predicted octanol–water partition coefficient (Wildman–Crippen LogP) is 1.35. The maximum atomic E-state index is 10.9. The van der Waals surface area contributed by atoms with E-state index in [2.05, 4.69) is 10.3 Å². The molecule has 0 amide bonds. The Labute approximate surface area is 99.5 Å². The van der Waals surface area contributed by atoms with Crippen LogP contribution < -0.4 is 5.32 Å². The van der Waals surface area contributed by atoms with E-state index in [9.17, 15) is 4.79 Å². The molecule has 0 aliphatic heterocycles. The zero-order valence-corrected chi connectivity index (χ0v) is 9.52. The largest absolute Gasteiger partial charge is 0.476 e. The number of nitrogens with one attached hydrogen (secondary N) is 1. The number of aliphatic hydroxyl groups is 1. The van der Waals surface area contributed by atoms with Crippen LogP contribution >= 0.6 is 0 Å². The van der Waals surface area contributed by atoms with Crippen LogP contribution in [-0.2, 0) is 0 Å². The van der Waals surface area contributed by atoms with Crippen LogP contribution in [0.3, 0.4) is 0 Å². The first-order valence-corrected chi connectivity index (χ1v) is 5.70. The van der Waals surface area contributed by atoms with Crippen molar-refractivity contribution in [3.63, 3.8) is 0 Å². The molecule has 92 valence electrons. The van der Waals surface area contributed by atoms with Gasteiger partial charge in [-0.1, -0.05) is 0 Å². The highest BCUT2D eigenvalue weighted by Crippen LogP contribution is 2.48. The Morgan fingerprint density at radius 2 is 2.29 bits per heavy atom. The summed E-state index contributed by atoms with van der Waals surface area (Å²) in [5, 5.41) is 21.0. The van der Waals surface area contributed by atoms with Gasteiger partial charge < -0.3 is 15.5 Å². The van der Waals surface area contributed by atoms with Crippen LogP contribution in [0.25, 0.3) is 0 Å². The molecular weight excluding hydrogens is 220 g/mol. The average Bonchev–Trinajstić information content (AvgIpc) is 3.08. The van der Waals surface area contributed by atoms with Gasteiger partial charge in [-0.05, 0) is 36.8 Å². The number of carboxylic acid groups (broad SMARTS) is 1. The van der Waals surface area contributed by atoms with E-state index in [1.807, 2.05) is 0 Å². The lowest BCUT2D eigenvalue weighted by Crippen LogP contribution is -2.18. The highest BCUT2D eigenvalue weighted by molar-refractivity contribution is 5.91. The molecular formula is C12H16N2O3. The number of carboxylic acids is 1. The highest BCUT2D eigenvalue weighted by atomic mass is 16.4. The van der Waals surface area contributed by atoms with Gasteiger partial charge in [-0.2, -0.15) is 0 Å². The van der Waals surface area contributed by atoms with Crippen molar-refractivity contribution < 1.29 is 15.0 Å². The summed E-state index contributed by atoms with van der Waals surface area (Å²) in [5.74, 6) is -1.03. The molecule has 0 spiro atoms. The first kappa shape index (κ1) is 11.9. The molecule has 5 nitrogen and oxygen atoms in total. The third-order valence-electron chi connectivity index (χ3n) is 3.26. The monoisotopic (exact) mass is 236 g/mol. The summed E-state index contributed by atoms with van der Waals surface area (Å²) < 4.78 is 0. The number of aromatic carboxylic acids is 1. The van der Waals surface area contributed by atoms with Gasteiger partial charge in [-0.15, -0.1) is 0 Å². The molecule has 3 N–H and O–H groups in total. The third-order valence-corrected chi connectivity index (χ3v) is 3.26. The molecule has 5 heteroatoms. The van der Waals surface area contributed by atoms with Crippen molar-refractivity contribution in [3.8, 4) is 0 Å². The van der Waals surface area contributed by atoms with Crippen molar-refractivity contribution in [1.82, 2.24) is 4.98 Å². The van der Waals surface area contributed by atoms with Crippen LogP contribution in [0.15, 0.2) is 18.3 Å². The normalized spacial score (nSPS) is 16.5. The second kappa shape index (κ2) is 4.71. The van der Waals surface area contributed by atoms with Gasteiger partial charge in [0.1, 0.15) is 0 Å². The standard InChI is InChI=1S/C12H16N2O3/c15-7-5-12(3-4-12)8-14-9-2-1-6-13-10(9)11(16)17/h1-2,6,14-15H,3-5,7-8H2,(H,16,17). The molecule has 0 saturated heterocycles. The Bertz CT molecular complexity index is 416. The van der Waals surface area contributed by atoms with E-state index >= 15 is 0 Å². The predicted molar refractivity (Wildman–Crippen MR) is 63.1 cm³/mol. The third kappa shape index (κ3) is 2.74. The van der Waals surface area contributed by atoms with Crippen molar-refractivity contribution in [3.05, 3.63) is 24.0 Å². The number of aromatic nitrogens is 1. The highest BCUT2D eigenvalue weighted by Gasteiger charge is 2.41. The van der Waals surface area contributed by atoms with Crippen molar-refractivity contribution in [1.29, 1.82) is 0 Å². The van der Waals surface area contributed by atoms with Crippen molar-refractivity contribution >= 4 is 11.7 Å². The Balaban J connectivity index is 2.02. The molecule has 1 aromatic heterocycles. The maximum absolute atomic E-state index is 10.9. The van der Waals surface area contributed by atoms with Gasteiger partial charge in [-0.3, -0.25) is 0 Å². The van der Waals surface area contributed by atoms with Crippen LogP contribution in [0, 0.1) is 5.41 Å². The first-order chi connectivity index (χ1) is 8.17. The average molecular weight is 236 g/mol. The van der Waals surface area contributed by atoms with Crippen LogP contribution in [0.1, 0.15) is 29.8 Å². The molecule has 1 aliphatic rings. The van der Waals surface area contributed by atoms with E-state index < -0.39 is 5.97 Å². The smallest absolute Gasteiger partial charge is 0.356 e. The first-order valence-electron chi connectivity index (χ1n) is 5.70. The van der Waals surface area contributed by atoms with E-state index in [0.717, 1.165) is 19.3 Å². The van der Waals surface area contributed by atoms with E-state index in [1.165, 1.54) is 6.20 Å². The molecule has 2 rings (SSSR count). The van der Waals surface area contributed by atoms with Gasteiger partial charge in [0.15, 0.2) is 5.69 Å². The number of aliphatic hydroxyl groups excluding tert-OH is 1. The van der Waals surface area contributed by atoms with E-state index in [4.69, 9.17) is 10.2 Å². The quantitative estimate of drug-likeness (QED) is 0.694. The van der Waals surface area contributed by atoms with E-state index in [-0.39, 0.29) is 17.7 Å². The summed E-state index contributed by atoms with van der Waals surface area (Å²) in [6, 6.07) is 3.42. The summed E-state index contributed by atoms with van der Waals surface area (Å²) in [7, 11) is 0. The minimum absolute atomic E-state index is 0.0484. The lowest BCUT2D eigenvalue weighted by Gasteiger charge is -2.16. The topological polar surface area (TPSA) is 82.5 Å². The number of hydrogen-bond acceptors (Lipinski definition) is 4. The van der Waals surface area contributed by atoms with Gasteiger partial charge >= 0.3 is 5.97 Å². The van der Waals surface area contributed by atoms with Gasteiger partial charge in [0.05, 0.1) is 5.69 Å². The minimum Gasteiger partial charge on any atom is -0.476 e. The van der Waals surface area contributed by atoms with Crippen molar-refractivity contribution in [2.24, 2.45) is 5.41 Å². The number of anilines is 1. The molecule has 1 aromatic rings. The second-order valence-corrected chi connectivity index (χ2v) is 4.53. The molecule has 1 saturated carbocycles. The lowest BCUT2D eigenvalue weighted by atomic mass is 10.0. The Morgan fingerprint density at radius 1 is 1.53 bits per heavy atom. The number of rotatable bonds is 6. The molecule has 0 radical (unpaired) electrons. The summed E-state index contributed by atoms with van der Waals surface area (Å²) in [6.07, 6.45) is 4.41. The Hall–Kier alpha value is -1.62. The van der Waals surface area contributed by atoms with Crippen LogP contribution in [0.5, 0.6) is 0 Å². The summed E-state index contributed by atoms with van der Waals surface area (Å²) in [4.78, 5) is 14.8. The SMILES string of the molecule is O=C(O)c1ncccc1NCC1(CCO)CC1. The van der Waals surface area contributed by atoms with E-state index in [1.54, 1.807) is 12.1 Å². The van der Waals surface area contributed by atoms with Gasteiger partial charge in [0, 0.05) is 19.3 Å². The Morgan fingerprint density at radius 3 is 2.88 bits per heavy atom. The van der Waals surface area contributed by atoms with Crippen molar-refractivity contribution in [2.45, 2.75) is 19.3 Å². The minimum atomic E-state index is -1.03. The molecule has 1 fully saturated rings. The van der Waals surface area contributed by atoms with Crippen LogP contribution in [-0.4, -0.2) is 34.3 Å². The summed E-state index contributed by atoms with van der Waals surface area (Å²) in [5.41, 5.74) is 0.747. The number of hydrogen-bond donors (Lipinski definition) is 3. The number of carbonyl (C=O) groups is 1. The fourth-order valence-corrected chi connectivity index (χ4v) is 1.93. The summed E-state index contributed by atoms with van der Waals surface area (Å²) >= 11 is 0. The Kier molecular flexibility index (Phi) is 3.28. The van der Waals surface area contributed by atoms with E-state index in [0.29, 0.717) is 12.2 Å². The molecule has 0 unspecified atom stereocenters. The maximum Gasteiger partial charge on any atom is 0.356 e. The van der Waals surface area contributed by atoms with Gasteiger partial charge in [0.25, 0.3) is 0 Å².